The largest absolute Gasteiger partial charge is 0.487 e. The molecule has 0 aliphatic carbocycles. The minimum atomic E-state index is -4.80. The first-order valence-corrected chi connectivity index (χ1v) is 7.81. The Bertz CT molecular complexity index is 504. The van der Waals surface area contributed by atoms with Crippen LogP contribution < -0.4 is 4.74 Å². The van der Waals surface area contributed by atoms with Crippen LogP contribution in [0.3, 0.4) is 0 Å². The van der Waals surface area contributed by atoms with Gasteiger partial charge in [-0.05, 0) is 26.0 Å². The topological polar surface area (TPSA) is 29.5 Å². The van der Waals surface area contributed by atoms with Crippen LogP contribution in [0.25, 0.3) is 0 Å². The molecule has 0 atom stereocenters. The Morgan fingerprint density at radius 2 is 1.61 bits per heavy atom. The van der Waals surface area contributed by atoms with Crippen molar-refractivity contribution >= 4 is 5.91 Å². The Balaban J connectivity index is 0.00000127. The molecule has 23 heavy (non-hydrogen) atoms. The van der Waals surface area contributed by atoms with Crippen LogP contribution in [0.15, 0.2) is 24.3 Å². The number of amides is 1. The number of benzene rings is 1. The monoisotopic (exact) mass is 331 g/mol. The van der Waals surface area contributed by atoms with Crippen LogP contribution in [0.2, 0.25) is 0 Å². The standard InChI is InChI=1S/C15H18F3NO2.C2H6/c1-11-3-5-12(6-4-11)21-14(2)7-9-19(10-8-14)13(20)15(16,17)18;1-2/h3-6H,7-10H2,1-2H3;1-2H3. The third kappa shape index (κ3) is 5.44. The van der Waals surface area contributed by atoms with Crippen LogP contribution >= 0.6 is 0 Å². The lowest BCUT2D eigenvalue weighted by Crippen LogP contribution is -2.51. The van der Waals surface area contributed by atoms with Gasteiger partial charge < -0.3 is 9.64 Å². The Kier molecular flexibility index (Phi) is 6.47. The summed E-state index contributed by atoms with van der Waals surface area (Å²) in [6.07, 6.45) is -4.04. The van der Waals surface area contributed by atoms with Crippen LogP contribution in [-0.2, 0) is 4.79 Å². The van der Waals surface area contributed by atoms with Crippen molar-refractivity contribution in [1.29, 1.82) is 0 Å². The molecule has 3 nitrogen and oxygen atoms in total. The summed E-state index contributed by atoms with van der Waals surface area (Å²) < 4.78 is 43.1. The third-order valence-corrected chi connectivity index (χ3v) is 3.74. The summed E-state index contributed by atoms with van der Waals surface area (Å²) >= 11 is 0. The van der Waals surface area contributed by atoms with Crippen molar-refractivity contribution in [2.45, 2.75) is 52.3 Å². The molecular weight excluding hydrogens is 307 g/mol. The minimum absolute atomic E-state index is 0.0563. The maximum atomic E-state index is 12.4. The van der Waals surface area contributed by atoms with Gasteiger partial charge in [-0.2, -0.15) is 13.2 Å². The molecule has 0 unspecified atom stereocenters. The lowest BCUT2D eigenvalue weighted by Gasteiger charge is -2.39. The van der Waals surface area contributed by atoms with Crippen molar-refractivity contribution in [3.05, 3.63) is 29.8 Å². The number of piperidine rings is 1. The first kappa shape index (κ1) is 19.3. The number of ether oxygens (including phenoxy) is 1. The van der Waals surface area contributed by atoms with Gasteiger partial charge in [0.25, 0.3) is 0 Å². The summed E-state index contributed by atoms with van der Waals surface area (Å²) in [4.78, 5) is 12.0. The second-order valence-corrected chi connectivity index (χ2v) is 5.65. The fraction of sp³-hybridized carbons (Fsp3) is 0.588. The molecule has 0 aromatic heterocycles. The average molecular weight is 331 g/mol. The second kappa shape index (κ2) is 7.70. The highest BCUT2D eigenvalue weighted by molar-refractivity contribution is 5.81. The summed E-state index contributed by atoms with van der Waals surface area (Å²) in [5.41, 5.74) is 0.565. The van der Waals surface area contributed by atoms with E-state index in [1.165, 1.54) is 0 Å². The average Bonchev–Trinajstić information content (AvgIpc) is 2.51. The first-order chi connectivity index (χ1) is 10.7. The van der Waals surface area contributed by atoms with E-state index in [2.05, 4.69) is 0 Å². The molecule has 1 fully saturated rings. The van der Waals surface area contributed by atoms with Gasteiger partial charge in [-0.25, -0.2) is 0 Å². The number of hydrogen-bond acceptors (Lipinski definition) is 2. The van der Waals surface area contributed by atoms with Crippen molar-refractivity contribution in [3.8, 4) is 5.75 Å². The predicted molar refractivity (Wildman–Crippen MR) is 83.4 cm³/mol. The molecule has 2 rings (SSSR count). The van der Waals surface area contributed by atoms with Gasteiger partial charge in [-0.1, -0.05) is 31.5 Å². The number of rotatable bonds is 2. The van der Waals surface area contributed by atoms with Crippen molar-refractivity contribution in [1.82, 2.24) is 4.90 Å². The van der Waals surface area contributed by atoms with E-state index in [1.807, 2.05) is 52.0 Å². The van der Waals surface area contributed by atoms with Crippen molar-refractivity contribution in [2.75, 3.05) is 13.1 Å². The molecule has 1 saturated heterocycles. The molecule has 0 bridgehead atoms. The zero-order valence-corrected chi connectivity index (χ0v) is 14.0. The van der Waals surface area contributed by atoms with E-state index in [9.17, 15) is 18.0 Å². The summed E-state index contributed by atoms with van der Waals surface area (Å²) in [6, 6.07) is 7.52. The molecule has 0 spiro atoms. The molecule has 1 aromatic rings. The van der Waals surface area contributed by atoms with E-state index in [4.69, 9.17) is 4.74 Å². The lowest BCUT2D eigenvalue weighted by atomic mass is 9.93. The summed E-state index contributed by atoms with van der Waals surface area (Å²) in [5, 5.41) is 0. The quantitative estimate of drug-likeness (QED) is 0.806. The summed E-state index contributed by atoms with van der Waals surface area (Å²) in [7, 11) is 0. The second-order valence-electron chi connectivity index (χ2n) is 5.65. The molecule has 0 N–H and O–H groups in total. The number of carbonyl (C=O) groups is 1. The number of nitrogens with zero attached hydrogens (tertiary/aromatic N) is 1. The summed E-state index contributed by atoms with van der Waals surface area (Å²) in [6.45, 7) is 7.94. The van der Waals surface area contributed by atoms with E-state index in [-0.39, 0.29) is 13.1 Å². The normalized spacial score (nSPS) is 17.1. The lowest BCUT2D eigenvalue weighted by molar-refractivity contribution is -0.188. The van der Waals surface area contributed by atoms with Crippen LogP contribution in [-0.4, -0.2) is 35.7 Å². The number of hydrogen-bond donors (Lipinski definition) is 0. The van der Waals surface area contributed by atoms with E-state index in [0.29, 0.717) is 18.6 Å². The maximum Gasteiger partial charge on any atom is 0.471 e. The number of aryl methyl sites for hydroxylation is 1. The van der Waals surface area contributed by atoms with Gasteiger partial charge in [0, 0.05) is 25.9 Å². The Hall–Kier alpha value is -1.72. The smallest absolute Gasteiger partial charge is 0.471 e. The van der Waals surface area contributed by atoms with Gasteiger partial charge in [-0.15, -0.1) is 0 Å². The highest BCUT2D eigenvalue weighted by Crippen LogP contribution is 2.30. The molecule has 130 valence electrons. The van der Waals surface area contributed by atoms with Gasteiger partial charge in [0.15, 0.2) is 0 Å². The fourth-order valence-electron chi connectivity index (χ4n) is 2.35. The number of halogens is 3. The fourth-order valence-corrected chi connectivity index (χ4v) is 2.35. The number of carbonyl (C=O) groups excluding carboxylic acids is 1. The van der Waals surface area contributed by atoms with Crippen molar-refractivity contribution < 1.29 is 22.7 Å². The number of alkyl halides is 3. The first-order valence-electron chi connectivity index (χ1n) is 7.81. The Morgan fingerprint density at radius 3 is 2.04 bits per heavy atom. The molecule has 1 aromatic carbocycles. The molecule has 1 amide bonds. The maximum absolute atomic E-state index is 12.4. The van der Waals surface area contributed by atoms with Crippen molar-refractivity contribution in [3.63, 3.8) is 0 Å². The molecule has 1 aliphatic heterocycles. The van der Waals surface area contributed by atoms with Crippen LogP contribution in [0.1, 0.15) is 39.2 Å². The minimum Gasteiger partial charge on any atom is -0.487 e. The predicted octanol–water partition coefficient (Wildman–Crippen LogP) is 4.34. The summed E-state index contributed by atoms with van der Waals surface area (Å²) in [5.74, 6) is -1.07. The third-order valence-electron chi connectivity index (χ3n) is 3.74. The van der Waals surface area contributed by atoms with E-state index in [0.717, 1.165) is 10.5 Å². The van der Waals surface area contributed by atoms with E-state index in [1.54, 1.807) is 0 Å². The van der Waals surface area contributed by atoms with Gasteiger partial charge >= 0.3 is 12.1 Å². The zero-order valence-electron chi connectivity index (χ0n) is 14.0. The SMILES string of the molecule is CC.Cc1ccc(OC2(C)CCN(C(=O)C(F)(F)F)CC2)cc1. The van der Waals surface area contributed by atoms with Crippen molar-refractivity contribution in [2.24, 2.45) is 0 Å². The molecule has 0 saturated carbocycles. The zero-order chi connectivity index (χ0) is 17.7. The van der Waals surface area contributed by atoms with Crippen LogP contribution in [0.5, 0.6) is 5.75 Å². The van der Waals surface area contributed by atoms with Gasteiger partial charge in [0.05, 0.1) is 0 Å². The Labute approximate surface area is 135 Å². The highest BCUT2D eigenvalue weighted by Gasteiger charge is 2.45. The van der Waals surface area contributed by atoms with E-state index < -0.39 is 17.7 Å². The molecule has 6 heteroatoms. The van der Waals surface area contributed by atoms with E-state index >= 15 is 0 Å². The molecular formula is C17H24F3NO2. The van der Waals surface area contributed by atoms with Gasteiger partial charge in [-0.3, -0.25) is 4.79 Å². The number of likely N-dealkylation sites (tertiary alicyclic amines) is 1. The molecule has 1 aliphatic rings. The Morgan fingerprint density at radius 1 is 1.13 bits per heavy atom. The highest BCUT2D eigenvalue weighted by atomic mass is 19.4. The van der Waals surface area contributed by atoms with Crippen LogP contribution in [0.4, 0.5) is 13.2 Å². The van der Waals surface area contributed by atoms with Crippen LogP contribution in [0, 0.1) is 6.92 Å². The van der Waals surface area contributed by atoms with Gasteiger partial charge in [0.2, 0.25) is 0 Å². The molecule has 1 heterocycles. The molecule has 0 radical (unpaired) electrons. The van der Waals surface area contributed by atoms with Gasteiger partial charge in [0.1, 0.15) is 11.4 Å².